The van der Waals surface area contributed by atoms with Crippen LogP contribution in [0, 0.1) is 0 Å². The molecule has 5 heteroatoms. The van der Waals surface area contributed by atoms with Gasteiger partial charge in [-0.1, -0.05) is 25.9 Å². The summed E-state index contributed by atoms with van der Waals surface area (Å²) < 4.78 is 5.44. The van der Waals surface area contributed by atoms with Gasteiger partial charge in [-0.3, -0.25) is 0 Å². The van der Waals surface area contributed by atoms with Gasteiger partial charge in [0.15, 0.2) is 5.82 Å². The Morgan fingerprint density at radius 2 is 1.89 bits per heavy atom. The van der Waals surface area contributed by atoms with E-state index in [1.54, 1.807) is 11.8 Å². The van der Waals surface area contributed by atoms with Gasteiger partial charge in [0.2, 0.25) is 0 Å². The summed E-state index contributed by atoms with van der Waals surface area (Å²) in [6.45, 7) is 6.50. The molecule has 18 heavy (non-hydrogen) atoms. The van der Waals surface area contributed by atoms with E-state index in [0.717, 1.165) is 22.8 Å². The summed E-state index contributed by atoms with van der Waals surface area (Å²) in [7, 11) is 0. The van der Waals surface area contributed by atoms with Crippen molar-refractivity contribution in [2.45, 2.75) is 31.3 Å². The van der Waals surface area contributed by atoms with E-state index >= 15 is 0 Å². The molecule has 2 rings (SSSR count). The Balaban J connectivity index is 2.08. The Bertz CT molecular complexity index is 514. The van der Waals surface area contributed by atoms with E-state index in [-0.39, 0.29) is 4.75 Å². The van der Waals surface area contributed by atoms with Crippen molar-refractivity contribution in [3.8, 4) is 11.5 Å². The average molecular weight is 263 g/mol. The Kier molecular flexibility index (Phi) is 3.61. The number of hydrogen-bond donors (Lipinski definition) is 1. The summed E-state index contributed by atoms with van der Waals surface area (Å²) >= 11 is 1.79. The van der Waals surface area contributed by atoms with Crippen molar-refractivity contribution in [1.82, 2.24) is 10.1 Å². The standard InChI is InChI=1S/C13H17N3OS/c1-13(2,3)18-8-11-15-12(17-16-11)9-4-6-10(14)7-5-9/h4-7H,8,14H2,1-3H3. The summed E-state index contributed by atoms with van der Waals surface area (Å²) in [5.41, 5.74) is 7.25. The van der Waals surface area contributed by atoms with Crippen LogP contribution < -0.4 is 5.73 Å². The number of nitrogens with zero attached hydrogens (tertiary/aromatic N) is 2. The lowest BCUT2D eigenvalue weighted by Crippen LogP contribution is -2.07. The zero-order valence-corrected chi connectivity index (χ0v) is 11.6. The maximum Gasteiger partial charge on any atom is 0.257 e. The second kappa shape index (κ2) is 5.02. The monoisotopic (exact) mass is 263 g/mol. The Morgan fingerprint density at radius 1 is 1.22 bits per heavy atom. The van der Waals surface area contributed by atoms with Crippen LogP contribution in [0.15, 0.2) is 28.8 Å². The molecule has 0 saturated heterocycles. The van der Waals surface area contributed by atoms with E-state index in [4.69, 9.17) is 10.3 Å². The van der Waals surface area contributed by atoms with Crippen LogP contribution in [0.2, 0.25) is 0 Å². The zero-order chi connectivity index (χ0) is 13.2. The summed E-state index contributed by atoms with van der Waals surface area (Å²) in [5, 5.41) is 3.98. The second-order valence-electron chi connectivity index (χ2n) is 5.04. The highest BCUT2D eigenvalue weighted by atomic mass is 32.2. The topological polar surface area (TPSA) is 64.9 Å². The van der Waals surface area contributed by atoms with Crippen LogP contribution in [0.25, 0.3) is 11.5 Å². The first-order valence-corrected chi connectivity index (χ1v) is 6.75. The van der Waals surface area contributed by atoms with Crippen molar-refractivity contribution in [2.75, 3.05) is 5.73 Å². The normalized spacial score (nSPS) is 11.7. The lowest BCUT2D eigenvalue weighted by atomic mass is 10.2. The van der Waals surface area contributed by atoms with Crippen LogP contribution in [-0.4, -0.2) is 14.9 Å². The first-order valence-electron chi connectivity index (χ1n) is 5.76. The van der Waals surface area contributed by atoms with Crippen LogP contribution in [-0.2, 0) is 5.75 Å². The first-order chi connectivity index (χ1) is 8.44. The van der Waals surface area contributed by atoms with Crippen molar-refractivity contribution < 1.29 is 4.52 Å². The minimum Gasteiger partial charge on any atom is -0.399 e. The highest BCUT2D eigenvalue weighted by Gasteiger charge is 2.14. The third kappa shape index (κ3) is 3.50. The molecule has 2 aromatic rings. The molecule has 1 aromatic heterocycles. The predicted molar refractivity (Wildman–Crippen MR) is 75.2 cm³/mol. The maximum absolute atomic E-state index is 5.64. The molecule has 1 heterocycles. The number of nitrogen functional groups attached to an aromatic ring is 1. The van der Waals surface area contributed by atoms with Crippen molar-refractivity contribution in [3.63, 3.8) is 0 Å². The molecule has 96 valence electrons. The molecule has 0 aliphatic carbocycles. The fraction of sp³-hybridized carbons (Fsp3) is 0.385. The van der Waals surface area contributed by atoms with Crippen molar-refractivity contribution in [1.29, 1.82) is 0 Å². The summed E-state index contributed by atoms with van der Waals surface area (Å²) in [6.07, 6.45) is 0. The lowest BCUT2D eigenvalue weighted by Gasteiger charge is -2.15. The van der Waals surface area contributed by atoms with E-state index in [9.17, 15) is 0 Å². The number of nitrogens with two attached hydrogens (primary N) is 1. The number of anilines is 1. The van der Waals surface area contributed by atoms with Gasteiger partial charge in [-0.15, -0.1) is 11.8 Å². The summed E-state index contributed by atoms with van der Waals surface area (Å²) in [4.78, 5) is 4.37. The van der Waals surface area contributed by atoms with E-state index in [1.807, 2.05) is 24.3 Å². The van der Waals surface area contributed by atoms with Crippen molar-refractivity contribution >= 4 is 17.4 Å². The number of hydrogen-bond acceptors (Lipinski definition) is 5. The molecule has 0 radical (unpaired) electrons. The van der Waals surface area contributed by atoms with Gasteiger partial charge in [0.05, 0.1) is 5.75 Å². The Labute approximate surface area is 111 Å². The zero-order valence-electron chi connectivity index (χ0n) is 10.8. The van der Waals surface area contributed by atoms with E-state index < -0.39 is 0 Å². The largest absolute Gasteiger partial charge is 0.399 e. The third-order valence-electron chi connectivity index (χ3n) is 2.26. The summed E-state index contributed by atoms with van der Waals surface area (Å²) in [6, 6.07) is 7.40. The molecule has 0 aliphatic heterocycles. The predicted octanol–water partition coefficient (Wildman–Crippen LogP) is 3.35. The van der Waals surface area contributed by atoms with Crippen LogP contribution in [0.4, 0.5) is 5.69 Å². The molecule has 0 saturated carbocycles. The quantitative estimate of drug-likeness (QED) is 0.860. The first kappa shape index (κ1) is 13.0. The molecule has 0 spiro atoms. The van der Waals surface area contributed by atoms with Crippen LogP contribution in [0.5, 0.6) is 0 Å². The third-order valence-corrected chi connectivity index (χ3v) is 3.53. The number of benzene rings is 1. The molecule has 2 N–H and O–H groups in total. The Morgan fingerprint density at radius 3 is 2.50 bits per heavy atom. The van der Waals surface area contributed by atoms with Crippen LogP contribution in [0.3, 0.4) is 0 Å². The smallest absolute Gasteiger partial charge is 0.257 e. The molecule has 0 amide bonds. The molecular weight excluding hydrogens is 246 g/mol. The maximum atomic E-state index is 5.64. The Hall–Kier alpha value is -1.49. The SMILES string of the molecule is CC(C)(C)SCc1noc(-c2ccc(N)cc2)n1. The van der Waals surface area contributed by atoms with E-state index in [2.05, 4.69) is 30.9 Å². The molecule has 4 nitrogen and oxygen atoms in total. The van der Waals surface area contributed by atoms with Gasteiger partial charge in [0, 0.05) is 16.0 Å². The average Bonchev–Trinajstić information content (AvgIpc) is 2.75. The fourth-order valence-electron chi connectivity index (χ4n) is 1.34. The van der Waals surface area contributed by atoms with E-state index in [1.165, 1.54) is 0 Å². The molecule has 0 fully saturated rings. The molecule has 0 aliphatic rings. The van der Waals surface area contributed by atoms with Gasteiger partial charge in [0.1, 0.15) is 0 Å². The molecule has 0 unspecified atom stereocenters. The van der Waals surface area contributed by atoms with Gasteiger partial charge < -0.3 is 10.3 Å². The second-order valence-corrected chi connectivity index (χ2v) is 6.84. The molecule has 0 bridgehead atoms. The highest BCUT2D eigenvalue weighted by Crippen LogP contribution is 2.27. The van der Waals surface area contributed by atoms with Crippen LogP contribution >= 0.6 is 11.8 Å². The van der Waals surface area contributed by atoms with Gasteiger partial charge in [-0.25, -0.2) is 0 Å². The number of aromatic nitrogens is 2. The molecule has 0 atom stereocenters. The molecular formula is C13H17N3OS. The highest BCUT2D eigenvalue weighted by molar-refractivity contribution is 7.99. The van der Waals surface area contributed by atoms with Gasteiger partial charge in [-0.2, -0.15) is 4.98 Å². The number of rotatable bonds is 3. The van der Waals surface area contributed by atoms with Crippen LogP contribution in [0.1, 0.15) is 26.6 Å². The summed E-state index contributed by atoms with van der Waals surface area (Å²) in [5.74, 6) is 2.02. The van der Waals surface area contributed by atoms with Gasteiger partial charge in [-0.05, 0) is 24.3 Å². The van der Waals surface area contributed by atoms with Gasteiger partial charge in [0.25, 0.3) is 5.89 Å². The van der Waals surface area contributed by atoms with Crippen molar-refractivity contribution in [3.05, 3.63) is 30.1 Å². The molecule has 1 aromatic carbocycles. The number of thioether (sulfide) groups is 1. The van der Waals surface area contributed by atoms with Gasteiger partial charge >= 0.3 is 0 Å². The van der Waals surface area contributed by atoms with Crippen molar-refractivity contribution in [2.24, 2.45) is 0 Å². The van der Waals surface area contributed by atoms with E-state index in [0.29, 0.717) is 5.89 Å². The minimum atomic E-state index is 0.196. The minimum absolute atomic E-state index is 0.196. The fourth-order valence-corrected chi connectivity index (χ4v) is 2.02. The lowest BCUT2D eigenvalue weighted by molar-refractivity contribution is 0.425.